The fraction of sp³-hybridized carbons (Fsp3) is 0.133. The molecule has 0 aliphatic rings. The number of rotatable bonds is 4. The van der Waals surface area contributed by atoms with Gasteiger partial charge in [0, 0.05) is 5.69 Å². The summed E-state index contributed by atoms with van der Waals surface area (Å²) in [5.41, 5.74) is 0.372. The normalized spacial score (nSPS) is 10.0. The van der Waals surface area contributed by atoms with E-state index in [0.29, 0.717) is 0 Å². The average molecular weight is 338 g/mol. The molecule has 1 amide bonds. The Labute approximate surface area is 136 Å². The summed E-state index contributed by atoms with van der Waals surface area (Å²) in [6, 6.07) is 6.84. The number of methoxy groups -OCH3 is 2. The second-order valence-corrected chi connectivity index (χ2v) is 4.71. The van der Waals surface area contributed by atoms with E-state index in [9.17, 15) is 14.4 Å². The molecule has 0 atom stereocenters. The second-order valence-electron chi connectivity index (χ2n) is 4.34. The molecule has 2 aromatic rings. The third-order valence-electron chi connectivity index (χ3n) is 2.83. The number of anilines is 1. The molecule has 0 radical (unpaired) electrons. The molecular weight excluding hydrogens is 326 g/mol. The molecule has 0 bridgehead atoms. The smallest absolute Gasteiger partial charge is 0.337 e. The quantitative estimate of drug-likeness (QED) is 0.862. The summed E-state index contributed by atoms with van der Waals surface area (Å²) in [6.07, 6.45) is 0. The Morgan fingerprint density at radius 2 is 1.57 bits per heavy atom. The van der Waals surface area contributed by atoms with Crippen LogP contribution in [0.1, 0.15) is 31.3 Å². The monoisotopic (exact) mass is 337 g/mol. The van der Waals surface area contributed by atoms with Crippen molar-refractivity contribution < 1.29 is 28.3 Å². The molecule has 1 aromatic carbocycles. The van der Waals surface area contributed by atoms with Gasteiger partial charge < -0.3 is 19.2 Å². The molecule has 0 saturated carbocycles. The number of halogens is 1. The van der Waals surface area contributed by atoms with Crippen LogP contribution in [0.15, 0.2) is 34.7 Å². The molecule has 1 heterocycles. The Kier molecular flexibility index (Phi) is 5.02. The zero-order valence-corrected chi connectivity index (χ0v) is 13.0. The van der Waals surface area contributed by atoms with Gasteiger partial charge in [-0.15, -0.1) is 0 Å². The Hall–Kier alpha value is -2.80. The number of benzene rings is 1. The van der Waals surface area contributed by atoms with Gasteiger partial charge in [-0.3, -0.25) is 4.79 Å². The van der Waals surface area contributed by atoms with E-state index in [4.69, 9.17) is 16.0 Å². The van der Waals surface area contributed by atoms with E-state index < -0.39 is 17.8 Å². The van der Waals surface area contributed by atoms with E-state index in [0.717, 1.165) is 0 Å². The molecule has 7 nitrogen and oxygen atoms in total. The standard InChI is InChI=1S/C15H12ClNO6/c1-21-14(19)8-5-9(15(20)22-2)7-10(6-8)17-13(18)11-3-4-12(16)23-11/h3-7H,1-2H3,(H,17,18). The molecule has 0 aliphatic carbocycles. The van der Waals surface area contributed by atoms with Crippen molar-refractivity contribution >= 4 is 35.1 Å². The Bertz CT molecular complexity index is 733. The van der Waals surface area contributed by atoms with Gasteiger partial charge in [0.15, 0.2) is 11.0 Å². The first kappa shape index (κ1) is 16.6. The van der Waals surface area contributed by atoms with Crippen LogP contribution in [0.5, 0.6) is 0 Å². The van der Waals surface area contributed by atoms with E-state index in [1.165, 1.54) is 44.6 Å². The summed E-state index contributed by atoms with van der Waals surface area (Å²) in [6.45, 7) is 0. The molecule has 1 N–H and O–H groups in total. The molecule has 23 heavy (non-hydrogen) atoms. The molecule has 0 unspecified atom stereocenters. The summed E-state index contributed by atoms with van der Waals surface area (Å²) < 4.78 is 14.2. The molecule has 8 heteroatoms. The molecule has 0 saturated heterocycles. The Morgan fingerprint density at radius 1 is 1.00 bits per heavy atom. The SMILES string of the molecule is COC(=O)c1cc(NC(=O)c2ccc(Cl)o2)cc(C(=O)OC)c1. The van der Waals surface area contributed by atoms with Crippen LogP contribution >= 0.6 is 11.6 Å². The number of carbonyl (C=O) groups is 3. The van der Waals surface area contributed by atoms with E-state index in [-0.39, 0.29) is 27.8 Å². The summed E-state index contributed by atoms with van der Waals surface area (Å²) in [4.78, 5) is 35.4. The second kappa shape index (κ2) is 6.97. The lowest BCUT2D eigenvalue weighted by Crippen LogP contribution is -2.13. The van der Waals surface area contributed by atoms with Crippen molar-refractivity contribution in [2.75, 3.05) is 19.5 Å². The minimum Gasteiger partial charge on any atom is -0.465 e. The maximum Gasteiger partial charge on any atom is 0.337 e. The lowest BCUT2D eigenvalue weighted by atomic mass is 10.1. The fourth-order valence-electron chi connectivity index (χ4n) is 1.80. The lowest BCUT2D eigenvalue weighted by molar-refractivity contribution is 0.0599. The Morgan fingerprint density at radius 3 is 2.00 bits per heavy atom. The Balaban J connectivity index is 2.34. The van der Waals surface area contributed by atoms with Gasteiger partial charge in [0.1, 0.15) is 0 Å². The van der Waals surface area contributed by atoms with Crippen molar-refractivity contribution in [1.29, 1.82) is 0 Å². The van der Waals surface area contributed by atoms with Gasteiger partial charge in [0.05, 0.1) is 25.3 Å². The maximum atomic E-state index is 12.0. The van der Waals surface area contributed by atoms with E-state index >= 15 is 0 Å². The van der Waals surface area contributed by atoms with E-state index in [2.05, 4.69) is 14.8 Å². The van der Waals surface area contributed by atoms with Gasteiger partial charge in [-0.1, -0.05) is 0 Å². The highest BCUT2D eigenvalue weighted by molar-refractivity contribution is 6.29. The number of esters is 2. The third kappa shape index (κ3) is 3.89. The van der Waals surface area contributed by atoms with Gasteiger partial charge >= 0.3 is 11.9 Å². The van der Waals surface area contributed by atoms with Crippen LogP contribution in [-0.2, 0) is 9.47 Å². The van der Waals surface area contributed by atoms with Gasteiger partial charge in [0.2, 0.25) is 0 Å². The number of carbonyl (C=O) groups excluding carboxylic acids is 3. The van der Waals surface area contributed by atoms with Crippen molar-refractivity contribution in [1.82, 2.24) is 0 Å². The first-order chi connectivity index (χ1) is 10.9. The van der Waals surface area contributed by atoms with Gasteiger partial charge in [0.25, 0.3) is 5.91 Å². The predicted octanol–water partition coefficient (Wildman–Crippen LogP) is 2.76. The molecule has 120 valence electrons. The number of hydrogen-bond donors (Lipinski definition) is 1. The maximum absolute atomic E-state index is 12.0. The largest absolute Gasteiger partial charge is 0.465 e. The van der Waals surface area contributed by atoms with E-state index in [1.807, 2.05) is 0 Å². The lowest BCUT2D eigenvalue weighted by Gasteiger charge is -2.08. The van der Waals surface area contributed by atoms with Crippen LogP contribution < -0.4 is 5.32 Å². The van der Waals surface area contributed by atoms with Crippen LogP contribution in [0.3, 0.4) is 0 Å². The zero-order chi connectivity index (χ0) is 17.0. The summed E-state index contributed by atoms with van der Waals surface area (Å²) in [5.74, 6) is -1.92. The van der Waals surface area contributed by atoms with Crippen LogP contribution in [0.25, 0.3) is 0 Å². The fourth-order valence-corrected chi connectivity index (χ4v) is 1.95. The number of amides is 1. The number of ether oxygens (including phenoxy) is 2. The molecule has 1 aromatic heterocycles. The zero-order valence-electron chi connectivity index (χ0n) is 12.2. The summed E-state index contributed by atoms with van der Waals surface area (Å²) in [5, 5.41) is 2.57. The highest BCUT2D eigenvalue weighted by atomic mass is 35.5. The number of furan rings is 1. The van der Waals surface area contributed by atoms with Crippen LogP contribution in [0.4, 0.5) is 5.69 Å². The molecule has 2 rings (SSSR count). The predicted molar refractivity (Wildman–Crippen MR) is 80.8 cm³/mol. The molecular formula is C15H12ClNO6. The van der Waals surface area contributed by atoms with Crippen LogP contribution in [-0.4, -0.2) is 32.1 Å². The summed E-state index contributed by atoms with van der Waals surface area (Å²) in [7, 11) is 2.41. The number of hydrogen-bond acceptors (Lipinski definition) is 6. The van der Waals surface area contributed by atoms with Gasteiger partial charge in [-0.25, -0.2) is 9.59 Å². The van der Waals surface area contributed by atoms with Crippen LogP contribution in [0.2, 0.25) is 5.22 Å². The van der Waals surface area contributed by atoms with Gasteiger partial charge in [-0.05, 0) is 41.9 Å². The first-order valence-corrected chi connectivity index (χ1v) is 6.71. The highest BCUT2D eigenvalue weighted by Crippen LogP contribution is 2.19. The van der Waals surface area contributed by atoms with Crippen molar-refractivity contribution in [3.05, 3.63) is 52.4 Å². The van der Waals surface area contributed by atoms with Crippen molar-refractivity contribution in [3.8, 4) is 0 Å². The minimum atomic E-state index is -0.660. The molecule has 0 aliphatic heterocycles. The first-order valence-electron chi connectivity index (χ1n) is 6.33. The molecule has 0 spiro atoms. The van der Waals surface area contributed by atoms with Crippen molar-refractivity contribution in [2.24, 2.45) is 0 Å². The summed E-state index contributed by atoms with van der Waals surface area (Å²) >= 11 is 5.61. The minimum absolute atomic E-state index is 0.0157. The third-order valence-corrected chi connectivity index (χ3v) is 3.03. The topological polar surface area (TPSA) is 94.8 Å². The van der Waals surface area contributed by atoms with Crippen molar-refractivity contribution in [2.45, 2.75) is 0 Å². The number of nitrogens with one attached hydrogen (secondary N) is 1. The van der Waals surface area contributed by atoms with Crippen LogP contribution in [0, 0.1) is 0 Å². The van der Waals surface area contributed by atoms with Crippen molar-refractivity contribution in [3.63, 3.8) is 0 Å². The average Bonchev–Trinajstić information content (AvgIpc) is 2.99. The van der Waals surface area contributed by atoms with E-state index in [1.54, 1.807) is 0 Å². The highest BCUT2D eigenvalue weighted by Gasteiger charge is 2.16. The van der Waals surface area contributed by atoms with Gasteiger partial charge in [-0.2, -0.15) is 0 Å². The molecule has 0 fully saturated rings.